The minimum atomic E-state index is -0.133. The lowest BCUT2D eigenvalue weighted by molar-refractivity contribution is -0.0167. The van der Waals surface area contributed by atoms with Gasteiger partial charge in [-0.3, -0.25) is 0 Å². The second-order valence-electron chi connectivity index (χ2n) is 10.1. The number of halogens is 1. The Morgan fingerprint density at radius 2 is 1.88 bits per heavy atom. The van der Waals surface area contributed by atoms with Crippen LogP contribution in [0.2, 0.25) is 0 Å². The molecule has 8 heteroatoms. The van der Waals surface area contributed by atoms with Crippen LogP contribution in [0.5, 0.6) is 0 Å². The average molecular weight is 497 g/mol. The van der Waals surface area contributed by atoms with Gasteiger partial charge in [-0.05, 0) is 97.7 Å². The van der Waals surface area contributed by atoms with Crippen LogP contribution in [0.4, 0.5) is 0 Å². The Bertz CT molecular complexity index is 1080. The maximum atomic E-state index is 5.58. The van der Waals surface area contributed by atoms with E-state index in [0.29, 0.717) is 12.6 Å². The second kappa shape index (κ2) is 8.06. The zero-order chi connectivity index (χ0) is 21.8. The van der Waals surface area contributed by atoms with E-state index in [1.807, 2.05) is 30.7 Å². The fourth-order valence-electron chi connectivity index (χ4n) is 6.92. The molecule has 2 aromatic heterocycles. The monoisotopic (exact) mass is 496 g/mol. The molecule has 4 aliphatic carbocycles. The van der Waals surface area contributed by atoms with Gasteiger partial charge in [-0.1, -0.05) is 33.2 Å². The molecule has 0 amide bonds. The number of aryl methyl sites for hydroxylation is 2. The van der Waals surface area contributed by atoms with Crippen LogP contribution in [0.25, 0.3) is 0 Å². The Morgan fingerprint density at radius 1 is 1.12 bits per heavy atom. The summed E-state index contributed by atoms with van der Waals surface area (Å²) in [4.78, 5) is 0. The van der Waals surface area contributed by atoms with Crippen molar-refractivity contribution in [3.63, 3.8) is 0 Å². The van der Waals surface area contributed by atoms with E-state index in [2.05, 4.69) is 54.1 Å². The van der Waals surface area contributed by atoms with Crippen LogP contribution in [-0.2, 0) is 6.54 Å². The van der Waals surface area contributed by atoms with Crippen LogP contribution in [0, 0.1) is 37.5 Å². The Kier molecular flexibility index (Phi) is 5.17. The van der Waals surface area contributed by atoms with Gasteiger partial charge < -0.3 is 9.84 Å². The molecule has 1 N–H and O–H groups in total. The molecule has 4 aliphatic rings. The van der Waals surface area contributed by atoms with Gasteiger partial charge in [-0.2, -0.15) is 0 Å². The summed E-state index contributed by atoms with van der Waals surface area (Å²) < 4.78 is 8.55. The van der Waals surface area contributed by atoms with Crippen molar-refractivity contribution in [2.75, 3.05) is 0 Å². The molecule has 1 atom stereocenters. The lowest BCUT2D eigenvalue weighted by atomic mass is 9.54. The summed E-state index contributed by atoms with van der Waals surface area (Å²) >= 11 is 3.57. The van der Waals surface area contributed by atoms with Gasteiger partial charge in [0.15, 0.2) is 5.82 Å². The number of nitrogens with one attached hydrogen (secondary N) is 1. The van der Waals surface area contributed by atoms with Crippen molar-refractivity contribution in [1.82, 2.24) is 30.7 Å². The molecular weight excluding hydrogens is 468 g/mol. The predicted molar refractivity (Wildman–Crippen MR) is 123 cm³/mol. The van der Waals surface area contributed by atoms with Crippen molar-refractivity contribution in [3.8, 4) is 0 Å². The van der Waals surface area contributed by atoms with Gasteiger partial charge in [-0.15, -0.1) is 5.10 Å². The van der Waals surface area contributed by atoms with E-state index in [9.17, 15) is 0 Å². The fraction of sp³-hybridized carbons (Fsp3) is 0.583. The Balaban J connectivity index is 1.35. The highest BCUT2D eigenvalue weighted by Gasteiger charge is 2.49. The van der Waals surface area contributed by atoms with E-state index in [4.69, 9.17) is 4.52 Å². The summed E-state index contributed by atoms with van der Waals surface area (Å²) in [5.41, 5.74) is 3.13. The predicted octanol–water partition coefficient (Wildman–Crippen LogP) is 4.59. The SMILES string of the molecule is Cc1noc(C)c1C(NC1C2CC3CC(C2)CC1C3)c1nnnn1Cc1cccc(Br)c1. The zero-order valence-corrected chi connectivity index (χ0v) is 20.1. The Morgan fingerprint density at radius 3 is 2.53 bits per heavy atom. The lowest BCUT2D eigenvalue weighted by Gasteiger charge is -2.55. The van der Waals surface area contributed by atoms with Gasteiger partial charge in [0.1, 0.15) is 11.8 Å². The third-order valence-corrected chi connectivity index (χ3v) is 8.50. The smallest absolute Gasteiger partial charge is 0.173 e. The first-order valence-corrected chi connectivity index (χ1v) is 12.5. The molecule has 168 valence electrons. The molecule has 0 aliphatic heterocycles. The van der Waals surface area contributed by atoms with Crippen LogP contribution in [0.3, 0.4) is 0 Å². The second-order valence-corrected chi connectivity index (χ2v) is 11.0. The largest absolute Gasteiger partial charge is 0.361 e. The summed E-state index contributed by atoms with van der Waals surface area (Å²) in [7, 11) is 0. The van der Waals surface area contributed by atoms with E-state index < -0.39 is 0 Å². The lowest BCUT2D eigenvalue weighted by Crippen LogP contribution is -2.55. The van der Waals surface area contributed by atoms with Gasteiger partial charge >= 0.3 is 0 Å². The van der Waals surface area contributed by atoms with E-state index >= 15 is 0 Å². The normalized spacial score (nSPS) is 29.5. The summed E-state index contributed by atoms with van der Waals surface area (Å²) in [6, 6.07) is 8.66. The first-order chi connectivity index (χ1) is 15.5. The van der Waals surface area contributed by atoms with Crippen LogP contribution in [-0.4, -0.2) is 31.4 Å². The number of hydrogen-bond donors (Lipinski definition) is 1. The fourth-order valence-corrected chi connectivity index (χ4v) is 7.36. The Labute approximate surface area is 196 Å². The molecule has 0 radical (unpaired) electrons. The van der Waals surface area contributed by atoms with Gasteiger partial charge in [0, 0.05) is 16.1 Å². The van der Waals surface area contributed by atoms with Crippen LogP contribution < -0.4 is 5.32 Å². The van der Waals surface area contributed by atoms with Crippen molar-refractivity contribution in [3.05, 3.63) is 57.1 Å². The molecule has 4 saturated carbocycles. The maximum absolute atomic E-state index is 5.58. The summed E-state index contributed by atoms with van der Waals surface area (Å²) in [6.07, 6.45) is 6.91. The molecule has 7 rings (SSSR count). The molecule has 4 bridgehead atoms. The van der Waals surface area contributed by atoms with E-state index in [0.717, 1.165) is 56.5 Å². The quantitative estimate of drug-likeness (QED) is 0.537. The minimum absolute atomic E-state index is 0.133. The van der Waals surface area contributed by atoms with Crippen LogP contribution in [0.1, 0.15) is 66.6 Å². The molecule has 32 heavy (non-hydrogen) atoms. The summed E-state index contributed by atoms with van der Waals surface area (Å²) in [5.74, 6) is 5.05. The van der Waals surface area contributed by atoms with Gasteiger partial charge in [-0.25, -0.2) is 4.68 Å². The molecule has 0 saturated heterocycles. The van der Waals surface area contributed by atoms with Crippen molar-refractivity contribution >= 4 is 15.9 Å². The zero-order valence-electron chi connectivity index (χ0n) is 18.5. The van der Waals surface area contributed by atoms with Gasteiger partial charge in [0.25, 0.3) is 0 Å². The topological polar surface area (TPSA) is 81.7 Å². The first-order valence-electron chi connectivity index (χ1n) is 11.7. The Hall–Kier alpha value is -2.06. The first kappa shape index (κ1) is 20.5. The molecule has 0 spiro atoms. The number of aromatic nitrogens is 5. The van der Waals surface area contributed by atoms with Gasteiger partial charge in [0.05, 0.1) is 12.2 Å². The number of tetrazole rings is 1. The third kappa shape index (κ3) is 3.61. The summed E-state index contributed by atoms with van der Waals surface area (Å²) in [5, 5.41) is 21.3. The highest BCUT2D eigenvalue weighted by atomic mass is 79.9. The molecule has 1 aromatic carbocycles. The molecular formula is C24H29BrN6O. The van der Waals surface area contributed by atoms with Crippen molar-refractivity contribution < 1.29 is 4.52 Å². The third-order valence-electron chi connectivity index (χ3n) is 8.00. The molecule has 4 fully saturated rings. The standard InChI is InChI=1S/C24H29BrN6O/c1-13-21(14(2)32-28-13)23(26-22-18-7-16-6-17(9-18)10-19(22)8-16)24-27-29-30-31(24)12-15-4-3-5-20(25)11-15/h3-5,11,16-19,22-23,26H,6-10,12H2,1-2H3. The number of rotatable bonds is 6. The maximum Gasteiger partial charge on any atom is 0.173 e. The number of hydrogen-bond acceptors (Lipinski definition) is 6. The summed E-state index contributed by atoms with van der Waals surface area (Å²) in [6.45, 7) is 4.62. The molecule has 2 heterocycles. The highest BCUT2D eigenvalue weighted by molar-refractivity contribution is 9.10. The van der Waals surface area contributed by atoms with E-state index in [1.54, 1.807) is 0 Å². The van der Waals surface area contributed by atoms with Crippen molar-refractivity contribution in [2.24, 2.45) is 23.7 Å². The highest BCUT2D eigenvalue weighted by Crippen LogP contribution is 2.54. The van der Waals surface area contributed by atoms with E-state index in [1.165, 1.54) is 32.1 Å². The minimum Gasteiger partial charge on any atom is -0.361 e. The van der Waals surface area contributed by atoms with Gasteiger partial charge in [0.2, 0.25) is 0 Å². The average Bonchev–Trinajstić information content (AvgIpc) is 3.34. The van der Waals surface area contributed by atoms with Crippen LogP contribution >= 0.6 is 15.9 Å². The van der Waals surface area contributed by atoms with Crippen LogP contribution in [0.15, 0.2) is 33.3 Å². The molecule has 3 aromatic rings. The number of nitrogens with zero attached hydrogens (tertiary/aromatic N) is 5. The molecule has 7 nitrogen and oxygen atoms in total. The molecule has 1 unspecified atom stereocenters. The van der Waals surface area contributed by atoms with E-state index in [-0.39, 0.29) is 6.04 Å². The number of benzene rings is 1. The van der Waals surface area contributed by atoms with Crippen molar-refractivity contribution in [1.29, 1.82) is 0 Å². The van der Waals surface area contributed by atoms with Crippen molar-refractivity contribution in [2.45, 2.75) is 64.6 Å².